The van der Waals surface area contributed by atoms with Crippen LogP contribution in [0.15, 0.2) is 120 Å². The fourth-order valence-corrected chi connectivity index (χ4v) is 7.93. The zero-order chi connectivity index (χ0) is 36.5. The number of carbonyl (C=O) groups excluding carboxylic acids is 4. The van der Waals surface area contributed by atoms with Gasteiger partial charge in [0.05, 0.1) is 17.9 Å². The summed E-state index contributed by atoms with van der Waals surface area (Å²) in [6.07, 6.45) is 5.44. The normalized spacial score (nSPS) is 13.4. The van der Waals surface area contributed by atoms with Gasteiger partial charge in [0.15, 0.2) is 0 Å². The topological polar surface area (TPSA) is 130 Å². The van der Waals surface area contributed by atoms with Crippen molar-refractivity contribution in [1.29, 1.82) is 0 Å². The molecule has 3 amide bonds. The average molecular weight is 732 g/mol. The summed E-state index contributed by atoms with van der Waals surface area (Å²) in [6, 6.07) is 29.5. The number of nitrogens with one attached hydrogen (secondary N) is 3. The summed E-state index contributed by atoms with van der Waals surface area (Å²) in [6.45, 7) is 4.04. The smallest absolute Gasteiger partial charge is 0.341 e. The number of thiophene rings is 1. The van der Waals surface area contributed by atoms with Gasteiger partial charge in [0.25, 0.3) is 11.8 Å². The number of carbonyl (C=O) groups is 4. The lowest BCUT2D eigenvalue weighted by Crippen LogP contribution is -2.30. The maximum atomic E-state index is 13.5. The number of hydrogen-bond acceptors (Lipinski definition) is 9. The van der Waals surface area contributed by atoms with Crippen LogP contribution in [0, 0.1) is 0 Å². The van der Waals surface area contributed by atoms with Gasteiger partial charge in [-0.3, -0.25) is 24.3 Å². The van der Waals surface area contributed by atoms with E-state index in [1.807, 2.05) is 24.3 Å². The summed E-state index contributed by atoms with van der Waals surface area (Å²) in [5, 5.41) is 8.53. The second kappa shape index (κ2) is 17.1. The molecule has 0 saturated heterocycles. The lowest BCUT2D eigenvalue weighted by Gasteiger charge is -2.27. The van der Waals surface area contributed by atoms with Gasteiger partial charge in [-0.05, 0) is 72.5 Å². The minimum Gasteiger partial charge on any atom is -0.465 e. The molecule has 5 aromatic rings. The van der Waals surface area contributed by atoms with Gasteiger partial charge in [-0.15, -0.1) is 23.1 Å². The van der Waals surface area contributed by atoms with Crippen molar-refractivity contribution in [1.82, 2.24) is 15.2 Å². The van der Waals surface area contributed by atoms with Crippen LogP contribution in [-0.4, -0.2) is 52.5 Å². The molecule has 0 bridgehead atoms. The van der Waals surface area contributed by atoms with Gasteiger partial charge < -0.3 is 20.7 Å². The largest absolute Gasteiger partial charge is 0.465 e. The number of esters is 1. The number of hydrogen-bond donors (Lipinski definition) is 3. The molecule has 3 aromatic carbocycles. The molecule has 12 heteroatoms. The van der Waals surface area contributed by atoms with Gasteiger partial charge in [-0.2, -0.15) is 0 Å². The Morgan fingerprint density at radius 3 is 2.46 bits per heavy atom. The Labute approximate surface area is 310 Å². The van der Waals surface area contributed by atoms with Gasteiger partial charge in [-0.25, -0.2) is 4.79 Å². The number of thioether (sulfide) groups is 1. The van der Waals surface area contributed by atoms with Crippen LogP contribution in [-0.2, 0) is 33.8 Å². The van der Waals surface area contributed by atoms with E-state index >= 15 is 0 Å². The van der Waals surface area contributed by atoms with Gasteiger partial charge in [-0.1, -0.05) is 60.7 Å². The van der Waals surface area contributed by atoms with Gasteiger partial charge in [0.2, 0.25) is 5.91 Å². The lowest BCUT2D eigenvalue weighted by molar-refractivity contribution is -0.115. The lowest BCUT2D eigenvalue weighted by atomic mass is 10.0. The Balaban J connectivity index is 1.13. The highest BCUT2D eigenvalue weighted by Gasteiger charge is 2.30. The summed E-state index contributed by atoms with van der Waals surface area (Å²) >= 11 is 2.73. The third-order valence-corrected chi connectivity index (χ3v) is 10.5. The van der Waals surface area contributed by atoms with E-state index in [-0.39, 0.29) is 11.6 Å². The first-order valence-electron chi connectivity index (χ1n) is 16.6. The van der Waals surface area contributed by atoms with E-state index in [0.29, 0.717) is 40.3 Å². The monoisotopic (exact) mass is 731 g/mol. The number of nitrogens with zero attached hydrogens (tertiary/aromatic N) is 2. The quantitative estimate of drug-likeness (QED) is 0.0710. The zero-order valence-electron chi connectivity index (χ0n) is 28.6. The van der Waals surface area contributed by atoms with Crippen LogP contribution in [0.3, 0.4) is 0 Å². The highest BCUT2D eigenvalue weighted by atomic mass is 32.2. The Kier molecular flexibility index (Phi) is 11.9. The van der Waals surface area contributed by atoms with Crippen molar-refractivity contribution in [2.24, 2.45) is 0 Å². The summed E-state index contributed by atoms with van der Waals surface area (Å²) in [5.41, 5.74) is 4.13. The first-order valence-corrected chi connectivity index (χ1v) is 18.3. The number of benzene rings is 3. The van der Waals surface area contributed by atoms with Gasteiger partial charge >= 0.3 is 5.97 Å². The van der Waals surface area contributed by atoms with E-state index in [1.54, 1.807) is 86.1 Å². The average Bonchev–Trinajstić information content (AvgIpc) is 3.52. The molecule has 1 atom stereocenters. The molecule has 1 aliphatic heterocycles. The SMILES string of the molecule is COC(=O)c1c(NC(=O)C(C)Sc2cccc(NC(=O)/C(=C/c3cccnc3)NC(=O)c3ccccc3)c2)sc2c1CCN(Cc1ccccc1)C2. The highest BCUT2D eigenvalue weighted by Crippen LogP contribution is 2.38. The van der Waals surface area contributed by atoms with E-state index in [4.69, 9.17) is 4.74 Å². The Hall–Kier alpha value is -5.56. The first kappa shape index (κ1) is 36.2. The number of ether oxygens (including phenoxy) is 1. The molecule has 1 aliphatic rings. The van der Waals surface area contributed by atoms with Gasteiger partial charge in [0, 0.05) is 53.1 Å². The molecular formula is C40H37N5O5S2. The minimum atomic E-state index is -0.545. The minimum absolute atomic E-state index is 0.0379. The van der Waals surface area contributed by atoms with Crippen LogP contribution in [0.4, 0.5) is 10.7 Å². The number of fused-ring (bicyclic) bond motifs is 1. The van der Waals surface area contributed by atoms with E-state index in [2.05, 4.69) is 38.0 Å². The van der Waals surface area contributed by atoms with Crippen LogP contribution in [0.2, 0.25) is 0 Å². The number of pyridine rings is 1. The Morgan fingerprint density at radius 2 is 1.73 bits per heavy atom. The van der Waals surface area contributed by atoms with Crippen molar-refractivity contribution >= 4 is 63.6 Å². The van der Waals surface area contributed by atoms with E-state index in [9.17, 15) is 19.2 Å². The maximum absolute atomic E-state index is 13.5. The standard InChI is InChI=1S/C40H37N5O5S2/c1-26(36(46)44-39-35(40(49)50-2)32-18-20-45(25-34(32)52-39)24-27-11-5-3-6-12-27)51-31-17-9-16-30(22-31)42-38(48)33(21-28-13-10-19-41-23-28)43-37(47)29-14-7-4-8-15-29/h3-17,19,21-23,26H,18,20,24-25H2,1-2H3,(H,42,48)(H,43,47)(H,44,46)/b33-21-. The molecule has 0 spiro atoms. The summed E-state index contributed by atoms with van der Waals surface area (Å²) in [4.78, 5) is 61.2. The van der Waals surface area contributed by atoms with Crippen molar-refractivity contribution in [3.8, 4) is 0 Å². The molecule has 3 heterocycles. The van der Waals surface area contributed by atoms with Gasteiger partial charge in [0.1, 0.15) is 10.7 Å². The number of anilines is 2. The second-order valence-electron chi connectivity index (χ2n) is 12.0. The number of amides is 3. The van der Waals surface area contributed by atoms with Crippen LogP contribution in [0.25, 0.3) is 6.08 Å². The van der Waals surface area contributed by atoms with Crippen LogP contribution < -0.4 is 16.0 Å². The summed E-state index contributed by atoms with van der Waals surface area (Å²) in [7, 11) is 1.35. The van der Waals surface area contributed by atoms with Crippen LogP contribution in [0.5, 0.6) is 0 Å². The van der Waals surface area contributed by atoms with E-state index in [1.165, 1.54) is 35.8 Å². The summed E-state index contributed by atoms with van der Waals surface area (Å²) < 4.78 is 5.13. The van der Waals surface area contributed by atoms with Crippen molar-refractivity contribution < 1.29 is 23.9 Å². The van der Waals surface area contributed by atoms with E-state index in [0.717, 1.165) is 28.4 Å². The Morgan fingerprint density at radius 1 is 0.962 bits per heavy atom. The predicted octanol–water partition coefficient (Wildman–Crippen LogP) is 7.02. The fraction of sp³-hybridized carbons (Fsp3) is 0.175. The zero-order valence-corrected chi connectivity index (χ0v) is 30.3. The number of rotatable bonds is 12. The maximum Gasteiger partial charge on any atom is 0.341 e. The molecule has 10 nitrogen and oxygen atoms in total. The molecular weight excluding hydrogens is 695 g/mol. The highest BCUT2D eigenvalue weighted by molar-refractivity contribution is 8.00. The third kappa shape index (κ3) is 9.21. The molecule has 264 valence electrons. The Bertz CT molecular complexity index is 2090. The number of methoxy groups -OCH3 is 1. The molecule has 3 N–H and O–H groups in total. The fourth-order valence-electron chi connectivity index (χ4n) is 5.73. The molecule has 0 saturated carbocycles. The van der Waals surface area contributed by atoms with Crippen molar-refractivity contribution in [2.75, 3.05) is 24.3 Å². The number of aromatic nitrogens is 1. The van der Waals surface area contributed by atoms with Crippen molar-refractivity contribution in [3.05, 3.63) is 148 Å². The molecule has 0 radical (unpaired) electrons. The van der Waals surface area contributed by atoms with E-state index < -0.39 is 23.0 Å². The van der Waals surface area contributed by atoms with Crippen molar-refractivity contribution in [3.63, 3.8) is 0 Å². The second-order valence-corrected chi connectivity index (χ2v) is 14.6. The van der Waals surface area contributed by atoms with Crippen molar-refractivity contribution in [2.45, 2.75) is 36.6 Å². The molecule has 2 aromatic heterocycles. The first-order chi connectivity index (χ1) is 25.3. The van der Waals surface area contributed by atoms with Crippen LogP contribution in [0.1, 0.15) is 49.2 Å². The van der Waals surface area contributed by atoms with Crippen LogP contribution >= 0.6 is 23.1 Å². The predicted molar refractivity (Wildman–Crippen MR) is 205 cm³/mol. The molecule has 1 unspecified atom stereocenters. The molecule has 52 heavy (non-hydrogen) atoms. The molecule has 6 rings (SSSR count). The molecule has 0 aliphatic carbocycles. The third-order valence-electron chi connectivity index (χ3n) is 8.31. The summed E-state index contributed by atoms with van der Waals surface area (Å²) in [5.74, 6) is -1.69. The molecule has 0 fully saturated rings.